The summed E-state index contributed by atoms with van der Waals surface area (Å²) in [6.07, 6.45) is 0. The van der Waals surface area contributed by atoms with Gasteiger partial charge in [0.05, 0.1) is 31.9 Å². The second kappa shape index (κ2) is 22.3. The first-order valence-corrected chi connectivity index (χ1v) is 25.9. The van der Waals surface area contributed by atoms with E-state index in [2.05, 4.69) is 11.1 Å². The minimum absolute atomic E-state index is 0.0352. The van der Waals surface area contributed by atoms with Gasteiger partial charge >= 0.3 is 0 Å². The fraction of sp³-hybridized carbons (Fsp3) is 0.0548. The zero-order valence-electron chi connectivity index (χ0n) is 58.4. The molecule has 5 nitrogen and oxygen atoms in total. The van der Waals surface area contributed by atoms with Crippen LogP contribution < -0.4 is 9.80 Å². The van der Waals surface area contributed by atoms with Gasteiger partial charge in [-0.15, -0.1) is 0 Å². The highest BCUT2D eigenvalue weighted by molar-refractivity contribution is 6.31. The first-order chi connectivity index (χ1) is 45.3. The number of anilines is 6. The predicted molar refractivity (Wildman–Crippen MR) is 331 cm³/mol. The smallest absolute Gasteiger partial charge is 0.166 e. The highest BCUT2D eigenvalue weighted by Gasteiger charge is 2.30. The molecule has 7 heteroatoms. The molecule has 11 aromatic carbocycles. The Morgan fingerprint density at radius 2 is 0.850 bits per heavy atom. The normalized spacial score (nSPS) is 13.9. The van der Waals surface area contributed by atoms with Gasteiger partial charge in [-0.3, -0.25) is 0 Å². The Labute approximate surface area is 493 Å². The maximum atomic E-state index is 16.5. The lowest BCUT2D eigenvalue weighted by Crippen LogP contribution is -2.18. The van der Waals surface area contributed by atoms with E-state index in [1.54, 1.807) is 47.4 Å². The van der Waals surface area contributed by atoms with Crippen molar-refractivity contribution in [2.45, 2.75) is 26.2 Å². The Balaban J connectivity index is 1.22. The highest BCUT2D eigenvalue weighted by atomic mass is 35.5. The summed E-state index contributed by atoms with van der Waals surface area (Å²) in [5.41, 5.74) is 6.19. The van der Waals surface area contributed by atoms with Crippen LogP contribution in [0.2, 0.25) is 5.02 Å². The first kappa shape index (κ1) is 36.4. The van der Waals surface area contributed by atoms with Gasteiger partial charge < -0.3 is 9.80 Å². The molecule has 1 heterocycles. The molecule has 80 heavy (non-hydrogen) atoms. The van der Waals surface area contributed by atoms with Crippen LogP contribution in [0.5, 0.6) is 0 Å². The maximum Gasteiger partial charge on any atom is 0.166 e. The predicted octanol–water partition coefficient (Wildman–Crippen LogP) is 20.6. The van der Waals surface area contributed by atoms with E-state index in [0.29, 0.717) is 45.0 Å². The van der Waals surface area contributed by atoms with Crippen LogP contribution in [0.3, 0.4) is 0 Å². The summed E-state index contributed by atoms with van der Waals surface area (Å²) in [5.74, 6) is -1.91. The lowest BCUT2D eigenvalue weighted by atomic mass is 9.82. The molecule has 0 aliphatic rings. The summed E-state index contributed by atoms with van der Waals surface area (Å²) in [5, 5.41) is 0.161. The lowest BCUT2D eigenvalue weighted by molar-refractivity contribution is 0.590. The van der Waals surface area contributed by atoms with E-state index in [0.717, 1.165) is 22.3 Å². The molecule has 1 aromatic heterocycles. The van der Waals surface area contributed by atoms with E-state index in [1.165, 1.54) is 18.2 Å². The molecule has 386 valence electrons. The van der Waals surface area contributed by atoms with E-state index < -0.39 is 125 Å². The standard InChI is InChI=1S/C73H55ClFN5/c1-73(2,3)58-44-66(53-30-16-7-17-31-53)69(67(45-58)72-77-70(54-32-18-8-19-33-54)76-71(78-72)55-34-20-9-21-35-55)80(62-39-23-37-60(75)48-62)64-47-59(74)46-63(49-64)79(61-38-22-36-56(42-61)50-24-10-4-11-25-50)68-41-40-57(51-26-12-5-13-27-51)43-65(68)52-28-14-6-15-29-52/h4-49H,1-3H3/i4D,8D,9D,10D,11D,18D,19D,20D,21D,24D,25D,32D,33D,34D,35D. The van der Waals surface area contributed by atoms with Crippen molar-refractivity contribution in [3.63, 3.8) is 0 Å². The Kier molecular flexibility index (Phi) is 10.1. The van der Waals surface area contributed by atoms with E-state index >= 15 is 4.39 Å². The third-order valence-electron chi connectivity index (χ3n) is 13.4. The summed E-state index contributed by atoms with van der Waals surface area (Å²) >= 11 is 7.58. The van der Waals surface area contributed by atoms with Gasteiger partial charge in [0.15, 0.2) is 17.5 Å². The second-order valence-corrected chi connectivity index (χ2v) is 20.1. The molecule has 0 N–H and O–H groups in total. The third kappa shape index (κ3) is 10.8. The summed E-state index contributed by atoms with van der Waals surface area (Å²) in [6.45, 7) is 5.94. The molecule has 0 aliphatic carbocycles. The summed E-state index contributed by atoms with van der Waals surface area (Å²) < 4.78 is 149. The minimum atomic E-state index is -0.721. The van der Waals surface area contributed by atoms with Gasteiger partial charge in [0.1, 0.15) is 5.82 Å². The van der Waals surface area contributed by atoms with Crippen molar-refractivity contribution in [2.75, 3.05) is 9.80 Å². The van der Waals surface area contributed by atoms with Crippen LogP contribution in [-0.2, 0) is 5.41 Å². The van der Waals surface area contributed by atoms with Crippen molar-refractivity contribution < 1.29 is 25.0 Å². The van der Waals surface area contributed by atoms with Crippen molar-refractivity contribution in [1.82, 2.24) is 15.0 Å². The first-order valence-electron chi connectivity index (χ1n) is 33.1. The van der Waals surface area contributed by atoms with Crippen molar-refractivity contribution in [2.24, 2.45) is 0 Å². The molecule has 0 amide bonds. The number of nitrogens with zero attached hydrogens (tertiary/aromatic N) is 5. The van der Waals surface area contributed by atoms with Gasteiger partial charge in [0, 0.05) is 55.6 Å². The fourth-order valence-electron chi connectivity index (χ4n) is 9.61. The summed E-state index contributed by atoms with van der Waals surface area (Å²) in [6, 6.07) is 47.1. The van der Waals surface area contributed by atoms with Crippen molar-refractivity contribution in [3.8, 4) is 78.7 Å². The molecule has 0 atom stereocenters. The average Bonchev–Trinajstić information content (AvgIpc) is 0.745. The van der Waals surface area contributed by atoms with Crippen molar-refractivity contribution in [3.05, 3.63) is 295 Å². The molecular formula is C73H55ClFN5. The molecule has 0 bridgehead atoms. The number of hydrogen-bond acceptors (Lipinski definition) is 5. The van der Waals surface area contributed by atoms with Crippen molar-refractivity contribution in [1.29, 1.82) is 0 Å². The Morgan fingerprint density at radius 1 is 0.375 bits per heavy atom. The van der Waals surface area contributed by atoms with Crippen LogP contribution in [0.1, 0.15) is 46.9 Å². The van der Waals surface area contributed by atoms with E-state index in [9.17, 15) is 5.48 Å². The SMILES string of the molecule is [2H]c1c([2H])c([2H])c(-c2cccc(N(c3cc(Cl)cc(N(c4cccc(F)c4)c4c(-c5ccccc5)cc(C(C)(C)C)cc4-c4nc(-c5c([2H])c([2H])c([2H])c([2H])c5[2H])nc(-c5c([2H])c([2H])c([2H])c([2H])c5[2H])n4)c3)c3ccc(-c4ccccc4)cc3-c3ccccc3)c2)c([2H])c1[2H]. The fourth-order valence-corrected chi connectivity index (χ4v) is 9.84. The molecule has 12 aromatic rings. The zero-order chi connectivity index (χ0) is 67.6. The van der Waals surface area contributed by atoms with E-state index in [-0.39, 0.29) is 33.3 Å². The van der Waals surface area contributed by atoms with Gasteiger partial charge in [0.25, 0.3) is 0 Å². The highest BCUT2D eigenvalue weighted by Crippen LogP contribution is 2.51. The number of aromatic nitrogens is 3. The molecule has 0 unspecified atom stereocenters. The van der Waals surface area contributed by atoms with Crippen LogP contribution in [-0.4, -0.2) is 15.0 Å². The van der Waals surface area contributed by atoms with Gasteiger partial charge in [-0.25, -0.2) is 19.3 Å². The topological polar surface area (TPSA) is 45.2 Å². The third-order valence-corrected chi connectivity index (χ3v) is 13.6. The van der Waals surface area contributed by atoms with Crippen molar-refractivity contribution >= 4 is 45.7 Å². The van der Waals surface area contributed by atoms with Crippen LogP contribution in [0.25, 0.3) is 78.7 Å². The Bertz CT molecular complexity index is 4880. The van der Waals surface area contributed by atoms with Gasteiger partial charge in [0.2, 0.25) is 0 Å². The molecule has 0 saturated heterocycles. The number of rotatable bonds is 13. The Hall–Kier alpha value is -9.75. The van der Waals surface area contributed by atoms with Gasteiger partial charge in [-0.2, -0.15) is 0 Å². The zero-order valence-corrected chi connectivity index (χ0v) is 44.1. The van der Waals surface area contributed by atoms with Crippen LogP contribution in [0, 0.1) is 5.82 Å². The van der Waals surface area contributed by atoms with Crippen LogP contribution >= 0.6 is 11.6 Å². The maximum absolute atomic E-state index is 16.5. The average molecular weight is 1070 g/mol. The molecule has 0 radical (unpaired) electrons. The molecule has 0 aliphatic heterocycles. The van der Waals surface area contributed by atoms with Crippen LogP contribution in [0.15, 0.2) is 279 Å². The number of halogens is 2. The summed E-state index contributed by atoms with van der Waals surface area (Å²) in [7, 11) is 0. The largest absolute Gasteiger partial charge is 0.310 e. The molecule has 0 spiro atoms. The van der Waals surface area contributed by atoms with E-state index in [4.69, 9.17) is 36.6 Å². The van der Waals surface area contributed by atoms with E-state index in [1.807, 2.05) is 147 Å². The monoisotopic (exact) mass is 1070 g/mol. The minimum Gasteiger partial charge on any atom is -0.310 e. The number of hydrogen-bond donors (Lipinski definition) is 0. The van der Waals surface area contributed by atoms with Crippen LogP contribution in [0.4, 0.5) is 38.5 Å². The molecular weight excluding hydrogens is 1000 g/mol. The van der Waals surface area contributed by atoms with Gasteiger partial charge in [-0.05, 0) is 117 Å². The number of benzene rings is 11. The Morgan fingerprint density at radius 3 is 1.43 bits per heavy atom. The molecule has 0 saturated carbocycles. The quantitative estimate of drug-likeness (QED) is 0.115. The molecule has 12 rings (SSSR count). The molecule has 0 fully saturated rings. The summed E-state index contributed by atoms with van der Waals surface area (Å²) in [4.78, 5) is 18.3. The van der Waals surface area contributed by atoms with Gasteiger partial charge in [-0.1, -0.05) is 238 Å². The second-order valence-electron chi connectivity index (χ2n) is 19.7. The lowest BCUT2D eigenvalue weighted by Gasteiger charge is -2.34.